The lowest BCUT2D eigenvalue weighted by Gasteiger charge is -2.12. The monoisotopic (exact) mass is 360 g/mol. The van der Waals surface area contributed by atoms with Crippen molar-refractivity contribution in [2.24, 2.45) is 0 Å². The lowest BCUT2D eigenvalue weighted by atomic mass is 10.2. The van der Waals surface area contributed by atoms with Crippen molar-refractivity contribution in [3.05, 3.63) is 63.4 Å². The molecule has 3 aromatic rings. The molecular weight excluding hydrogens is 348 g/mol. The van der Waals surface area contributed by atoms with E-state index in [1.165, 1.54) is 0 Å². The van der Waals surface area contributed by atoms with Crippen LogP contribution < -0.4 is 5.56 Å². The van der Waals surface area contributed by atoms with E-state index in [0.717, 1.165) is 26.6 Å². The maximum atomic E-state index is 12.9. The van der Waals surface area contributed by atoms with E-state index < -0.39 is 0 Å². The van der Waals surface area contributed by atoms with E-state index in [1.54, 1.807) is 16.3 Å². The topological polar surface area (TPSA) is 34.9 Å². The number of benzene rings is 2. The Morgan fingerprint density at radius 2 is 1.95 bits per heavy atom. The van der Waals surface area contributed by atoms with Crippen LogP contribution in [-0.4, -0.2) is 15.3 Å². The molecule has 0 aliphatic heterocycles. The fourth-order valence-corrected chi connectivity index (χ4v) is 3.27. The summed E-state index contributed by atoms with van der Waals surface area (Å²) in [5.41, 5.74) is 1.53. The first-order valence-electron chi connectivity index (χ1n) is 6.61. The van der Waals surface area contributed by atoms with Crippen LogP contribution in [0.1, 0.15) is 6.92 Å². The molecule has 0 saturated carbocycles. The van der Waals surface area contributed by atoms with Crippen LogP contribution >= 0.6 is 27.7 Å². The lowest BCUT2D eigenvalue weighted by molar-refractivity contribution is 0.820. The highest BCUT2D eigenvalue weighted by atomic mass is 79.9. The molecule has 0 saturated heterocycles. The molecule has 0 amide bonds. The Morgan fingerprint density at radius 1 is 1.19 bits per heavy atom. The third kappa shape index (κ3) is 2.76. The van der Waals surface area contributed by atoms with Crippen molar-refractivity contribution in [3.63, 3.8) is 0 Å². The Kier molecular flexibility index (Phi) is 4.12. The van der Waals surface area contributed by atoms with Gasteiger partial charge in [-0.25, -0.2) is 4.98 Å². The molecule has 106 valence electrons. The quantitative estimate of drug-likeness (QED) is 0.517. The second-order valence-corrected chi connectivity index (χ2v) is 6.61. The van der Waals surface area contributed by atoms with E-state index in [1.807, 2.05) is 48.5 Å². The Morgan fingerprint density at radius 3 is 2.67 bits per heavy atom. The Labute approximate surface area is 135 Å². The molecule has 1 aromatic heterocycles. The highest BCUT2D eigenvalue weighted by molar-refractivity contribution is 9.10. The number of rotatable bonds is 3. The van der Waals surface area contributed by atoms with Crippen molar-refractivity contribution in [2.75, 3.05) is 5.75 Å². The standard InChI is InChI=1S/C16H13BrN2OS/c1-2-21-16-18-14-9-8-11(17)10-13(14)15(20)19(16)12-6-4-3-5-7-12/h3-10H,2H2,1H3. The molecule has 2 aromatic carbocycles. The smallest absolute Gasteiger partial charge is 0.266 e. The van der Waals surface area contributed by atoms with Gasteiger partial charge in [-0.05, 0) is 36.1 Å². The molecule has 0 aliphatic carbocycles. The van der Waals surface area contributed by atoms with Gasteiger partial charge in [-0.3, -0.25) is 9.36 Å². The zero-order valence-electron chi connectivity index (χ0n) is 11.4. The molecule has 0 radical (unpaired) electrons. The summed E-state index contributed by atoms with van der Waals surface area (Å²) in [5.74, 6) is 0.862. The molecule has 21 heavy (non-hydrogen) atoms. The maximum absolute atomic E-state index is 12.9. The van der Waals surface area contributed by atoms with Crippen molar-refractivity contribution >= 4 is 38.6 Å². The lowest BCUT2D eigenvalue weighted by Crippen LogP contribution is -2.21. The summed E-state index contributed by atoms with van der Waals surface area (Å²) in [5, 5.41) is 1.34. The summed E-state index contributed by atoms with van der Waals surface area (Å²) in [7, 11) is 0. The van der Waals surface area contributed by atoms with E-state index in [9.17, 15) is 4.79 Å². The molecule has 3 rings (SSSR count). The number of fused-ring (bicyclic) bond motifs is 1. The zero-order chi connectivity index (χ0) is 14.8. The van der Waals surface area contributed by atoms with Crippen molar-refractivity contribution in [2.45, 2.75) is 12.1 Å². The van der Waals surface area contributed by atoms with Crippen molar-refractivity contribution in [1.82, 2.24) is 9.55 Å². The van der Waals surface area contributed by atoms with E-state index in [-0.39, 0.29) is 5.56 Å². The summed E-state index contributed by atoms with van der Waals surface area (Å²) < 4.78 is 2.56. The van der Waals surface area contributed by atoms with E-state index in [4.69, 9.17) is 0 Å². The molecule has 0 N–H and O–H groups in total. The number of hydrogen-bond acceptors (Lipinski definition) is 3. The van der Waals surface area contributed by atoms with Gasteiger partial charge < -0.3 is 0 Å². The van der Waals surface area contributed by atoms with E-state index in [0.29, 0.717) is 5.39 Å². The number of nitrogens with zero attached hydrogens (tertiary/aromatic N) is 2. The fraction of sp³-hybridized carbons (Fsp3) is 0.125. The summed E-state index contributed by atoms with van der Waals surface area (Å²) in [6, 6.07) is 15.2. The maximum Gasteiger partial charge on any atom is 0.266 e. The minimum Gasteiger partial charge on any atom is -0.268 e. The van der Waals surface area contributed by atoms with Gasteiger partial charge in [0, 0.05) is 4.47 Å². The van der Waals surface area contributed by atoms with E-state index in [2.05, 4.69) is 27.8 Å². The van der Waals surface area contributed by atoms with Crippen LogP contribution in [0.15, 0.2) is 63.0 Å². The molecule has 0 atom stereocenters. The molecule has 0 unspecified atom stereocenters. The van der Waals surface area contributed by atoms with Gasteiger partial charge in [-0.1, -0.05) is 52.8 Å². The molecular formula is C16H13BrN2OS. The van der Waals surface area contributed by atoms with Crippen molar-refractivity contribution in [1.29, 1.82) is 0 Å². The number of hydrogen-bond donors (Lipinski definition) is 0. The van der Waals surface area contributed by atoms with Gasteiger partial charge in [0.15, 0.2) is 5.16 Å². The van der Waals surface area contributed by atoms with Crippen LogP contribution in [-0.2, 0) is 0 Å². The van der Waals surface area contributed by atoms with Crippen LogP contribution in [0.3, 0.4) is 0 Å². The summed E-state index contributed by atoms with van der Waals surface area (Å²) in [6.07, 6.45) is 0. The number of halogens is 1. The minimum atomic E-state index is -0.0385. The molecule has 0 fully saturated rings. The average molecular weight is 361 g/mol. The van der Waals surface area contributed by atoms with Gasteiger partial charge in [0.2, 0.25) is 0 Å². The molecule has 5 heteroatoms. The largest absolute Gasteiger partial charge is 0.268 e. The normalized spacial score (nSPS) is 11.0. The third-order valence-electron chi connectivity index (χ3n) is 3.09. The van der Waals surface area contributed by atoms with Gasteiger partial charge in [0.25, 0.3) is 5.56 Å². The second-order valence-electron chi connectivity index (χ2n) is 4.46. The summed E-state index contributed by atoms with van der Waals surface area (Å²) in [6.45, 7) is 2.05. The van der Waals surface area contributed by atoms with Gasteiger partial charge in [0.1, 0.15) is 0 Å². The first-order valence-corrected chi connectivity index (χ1v) is 8.39. The van der Waals surface area contributed by atoms with Crippen molar-refractivity contribution in [3.8, 4) is 5.69 Å². The predicted molar refractivity (Wildman–Crippen MR) is 91.4 cm³/mol. The van der Waals surface area contributed by atoms with Crippen LogP contribution in [0, 0.1) is 0 Å². The SMILES string of the molecule is CCSc1nc2ccc(Br)cc2c(=O)n1-c1ccccc1. The summed E-state index contributed by atoms with van der Waals surface area (Å²) >= 11 is 4.99. The molecule has 1 heterocycles. The van der Waals surface area contributed by atoms with Gasteiger partial charge in [-0.2, -0.15) is 0 Å². The third-order valence-corrected chi connectivity index (χ3v) is 4.40. The first kappa shape index (κ1) is 14.4. The van der Waals surface area contributed by atoms with Crippen LogP contribution in [0.4, 0.5) is 0 Å². The number of aromatic nitrogens is 2. The zero-order valence-corrected chi connectivity index (χ0v) is 13.8. The first-order chi connectivity index (χ1) is 10.2. The molecule has 0 bridgehead atoms. The Hall–Kier alpha value is -1.59. The highest BCUT2D eigenvalue weighted by Gasteiger charge is 2.12. The molecule has 0 spiro atoms. The number of thioether (sulfide) groups is 1. The fourth-order valence-electron chi connectivity index (χ4n) is 2.17. The highest BCUT2D eigenvalue weighted by Crippen LogP contribution is 2.22. The minimum absolute atomic E-state index is 0.0385. The van der Waals surface area contributed by atoms with Crippen LogP contribution in [0.25, 0.3) is 16.6 Å². The predicted octanol–water partition coefficient (Wildman–Crippen LogP) is 4.26. The van der Waals surface area contributed by atoms with Gasteiger partial charge in [0.05, 0.1) is 16.6 Å². The molecule has 0 aliphatic rings. The van der Waals surface area contributed by atoms with Crippen LogP contribution in [0.5, 0.6) is 0 Å². The average Bonchev–Trinajstić information content (AvgIpc) is 2.50. The van der Waals surface area contributed by atoms with E-state index >= 15 is 0 Å². The number of para-hydroxylation sites is 1. The Bertz CT molecular complexity index is 846. The van der Waals surface area contributed by atoms with Crippen molar-refractivity contribution < 1.29 is 0 Å². The van der Waals surface area contributed by atoms with Crippen LogP contribution in [0.2, 0.25) is 0 Å². The molecule has 3 nitrogen and oxygen atoms in total. The Balaban J connectivity index is 2.37. The van der Waals surface area contributed by atoms with Gasteiger partial charge in [-0.15, -0.1) is 0 Å². The van der Waals surface area contributed by atoms with Gasteiger partial charge >= 0.3 is 0 Å². The second kappa shape index (κ2) is 6.03. The summed E-state index contributed by atoms with van der Waals surface area (Å²) in [4.78, 5) is 17.5.